The Bertz CT molecular complexity index is 662. The smallest absolute Gasteiger partial charge is 0.243 e. The van der Waals surface area contributed by atoms with Gasteiger partial charge in [0.05, 0.1) is 18.1 Å². The van der Waals surface area contributed by atoms with Crippen molar-refractivity contribution in [2.75, 3.05) is 39.4 Å². The van der Waals surface area contributed by atoms with E-state index >= 15 is 0 Å². The zero-order chi connectivity index (χ0) is 18.6. The first-order valence-corrected chi connectivity index (χ1v) is 11.0. The molecule has 0 atom stereocenters. The summed E-state index contributed by atoms with van der Waals surface area (Å²) < 4.78 is 32.0. The number of hydrogen-bond acceptors (Lipinski definition) is 5. The van der Waals surface area contributed by atoms with Crippen LogP contribution in [0.15, 0.2) is 29.2 Å². The summed E-state index contributed by atoms with van der Waals surface area (Å²) in [4.78, 5) is 2.89. The lowest BCUT2D eigenvalue weighted by molar-refractivity contribution is 0.0730. The molecule has 2 aliphatic rings. The number of morpholine rings is 1. The average Bonchev–Trinajstić information content (AvgIpc) is 2.67. The van der Waals surface area contributed by atoms with Gasteiger partial charge in [-0.1, -0.05) is 12.1 Å². The second-order valence-corrected chi connectivity index (χ2v) is 9.38. The van der Waals surface area contributed by atoms with Crippen LogP contribution in [-0.4, -0.2) is 69.1 Å². The summed E-state index contributed by atoms with van der Waals surface area (Å²) in [6.45, 7) is 9.37. The molecule has 2 fully saturated rings. The third-order valence-electron chi connectivity index (χ3n) is 5.39. The van der Waals surface area contributed by atoms with E-state index in [4.69, 9.17) is 4.74 Å². The van der Waals surface area contributed by atoms with Crippen LogP contribution in [0.4, 0.5) is 0 Å². The standard InChI is InChI=1S/C19H31N3O3S/c1-16(2)21-9-7-18(8-10-21)20-15-17-3-5-19(6-4-17)26(23,24)22-11-13-25-14-12-22/h3-6,16,18,20H,7-15H2,1-2H3. The number of nitrogens with zero attached hydrogens (tertiary/aromatic N) is 2. The molecule has 1 aromatic carbocycles. The van der Waals surface area contributed by atoms with Crippen LogP contribution in [0.1, 0.15) is 32.3 Å². The number of piperidine rings is 1. The number of ether oxygens (including phenoxy) is 1. The van der Waals surface area contributed by atoms with E-state index in [1.54, 1.807) is 12.1 Å². The molecule has 1 N–H and O–H groups in total. The maximum Gasteiger partial charge on any atom is 0.243 e. The Hall–Kier alpha value is -0.990. The first-order chi connectivity index (χ1) is 12.5. The van der Waals surface area contributed by atoms with Crippen LogP contribution >= 0.6 is 0 Å². The predicted octanol–water partition coefficient (Wildman–Crippen LogP) is 1.67. The van der Waals surface area contributed by atoms with E-state index in [2.05, 4.69) is 24.1 Å². The van der Waals surface area contributed by atoms with Crippen LogP contribution in [0.25, 0.3) is 0 Å². The van der Waals surface area contributed by atoms with E-state index in [0.29, 0.717) is 43.3 Å². The van der Waals surface area contributed by atoms with Gasteiger partial charge in [0.25, 0.3) is 0 Å². The largest absolute Gasteiger partial charge is 0.379 e. The molecule has 0 aliphatic carbocycles. The molecule has 3 rings (SSSR count). The van der Waals surface area contributed by atoms with E-state index in [1.807, 2.05) is 12.1 Å². The van der Waals surface area contributed by atoms with Crippen molar-refractivity contribution in [1.82, 2.24) is 14.5 Å². The van der Waals surface area contributed by atoms with Crippen molar-refractivity contribution >= 4 is 10.0 Å². The van der Waals surface area contributed by atoms with Crippen molar-refractivity contribution in [3.8, 4) is 0 Å². The molecule has 0 unspecified atom stereocenters. The van der Waals surface area contributed by atoms with Crippen LogP contribution in [0, 0.1) is 0 Å². The van der Waals surface area contributed by atoms with Crippen molar-refractivity contribution in [3.63, 3.8) is 0 Å². The SMILES string of the molecule is CC(C)N1CCC(NCc2ccc(S(=O)(=O)N3CCOCC3)cc2)CC1. The molecule has 0 radical (unpaired) electrons. The Morgan fingerprint density at radius 3 is 2.27 bits per heavy atom. The number of benzene rings is 1. The topological polar surface area (TPSA) is 61.9 Å². The van der Waals surface area contributed by atoms with E-state index in [9.17, 15) is 8.42 Å². The molecule has 26 heavy (non-hydrogen) atoms. The summed E-state index contributed by atoms with van der Waals surface area (Å²) in [5, 5.41) is 3.62. The Labute approximate surface area is 157 Å². The van der Waals surface area contributed by atoms with Crippen LogP contribution in [0.5, 0.6) is 0 Å². The first-order valence-electron chi connectivity index (χ1n) is 9.61. The van der Waals surface area contributed by atoms with Gasteiger partial charge in [-0.15, -0.1) is 0 Å². The molecule has 6 nitrogen and oxygen atoms in total. The van der Waals surface area contributed by atoms with Crippen molar-refractivity contribution in [2.24, 2.45) is 0 Å². The van der Waals surface area contributed by atoms with Crippen molar-refractivity contribution < 1.29 is 13.2 Å². The van der Waals surface area contributed by atoms with Crippen molar-refractivity contribution in [1.29, 1.82) is 0 Å². The molecule has 2 heterocycles. The van der Waals surface area contributed by atoms with Crippen molar-refractivity contribution in [3.05, 3.63) is 29.8 Å². The van der Waals surface area contributed by atoms with Gasteiger partial charge < -0.3 is 15.0 Å². The van der Waals surface area contributed by atoms with Gasteiger partial charge in [-0.05, 0) is 57.5 Å². The molecule has 0 spiro atoms. The molecule has 146 valence electrons. The minimum absolute atomic E-state index is 0.369. The van der Waals surface area contributed by atoms with Gasteiger partial charge in [0.1, 0.15) is 0 Å². The third kappa shape index (κ3) is 4.84. The molecule has 0 amide bonds. The third-order valence-corrected chi connectivity index (χ3v) is 7.30. The number of rotatable bonds is 6. The second kappa shape index (κ2) is 8.80. The highest BCUT2D eigenvalue weighted by molar-refractivity contribution is 7.89. The summed E-state index contributed by atoms with van der Waals surface area (Å²) >= 11 is 0. The van der Waals surface area contributed by atoms with E-state index in [0.717, 1.165) is 25.2 Å². The molecule has 0 bridgehead atoms. The van der Waals surface area contributed by atoms with E-state index in [-0.39, 0.29) is 0 Å². The number of likely N-dealkylation sites (tertiary alicyclic amines) is 1. The van der Waals surface area contributed by atoms with Gasteiger partial charge in [0.2, 0.25) is 10.0 Å². The van der Waals surface area contributed by atoms with E-state index in [1.165, 1.54) is 17.1 Å². The Balaban J connectivity index is 1.52. The highest BCUT2D eigenvalue weighted by atomic mass is 32.2. The number of hydrogen-bond donors (Lipinski definition) is 1. The summed E-state index contributed by atoms with van der Waals surface area (Å²) in [7, 11) is -3.40. The zero-order valence-electron chi connectivity index (χ0n) is 15.9. The molecule has 0 saturated carbocycles. The van der Waals surface area contributed by atoms with Crippen LogP contribution in [-0.2, 0) is 21.3 Å². The summed E-state index contributed by atoms with van der Waals surface area (Å²) in [6.07, 6.45) is 2.34. The lowest BCUT2D eigenvalue weighted by atomic mass is 10.0. The van der Waals surface area contributed by atoms with Crippen LogP contribution in [0.2, 0.25) is 0 Å². The van der Waals surface area contributed by atoms with E-state index < -0.39 is 10.0 Å². The minimum Gasteiger partial charge on any atom is -0.379 e. The van der Waals surface area contributed by atoms with Crippen LogP contribution in [0.3, 0.4) is 0 Å². The lowest BCUT2D eigenvalue weighted by Crippen LogP contribution is -2.44. The maximum atomic E-state index is 12.6. The van der Waals surface area contributed by atoms with Crippen LogP contribution < -0.4 is 5.32 Å². The Morgan fingerprint density at radius 1 is 1.08 bits per heavy atom. The second-order valence-electron chi connectivity index (χ2n) is 7.45. The van der Waals surface area contributed by atoms with Gasteiger partial charge in [-0.25, -0.2) is 8.42 Å². The predicted molar refractivity (Wildman–Crippen MR) is 103 cm³/mol. The minimum atomic E-state index is -3.40. The average molecular weight is 382 g/mol. The van der Waals surface area contributed by atoms with Crippen molar-refractivity contribution in [2.45, 2.75) is 50.2 Å². The normalized spacial score (nSPS) is 21.3. The fraction of sp³-hybridized carbons (Fsp3) is 0.684. The molecular weight excluding hydrogens is 350 g/mol. The number of sulfonamides is 1. The Kier molecular flexibility index (Phi) is 6.69. The van der Waals surface area contributed by atoms with Gasteiger partial charge in [-0.3, -0.25) is 0 Å². The fourth-order valence-corrected chi connectivity index (χ4v) is 5.01. The van der Waals surface area contributed by atoms with Gasteiger partial charge in [0.15, 0.2) is 0 Å². The summed E-state index contributed by atoms with van der Waals surface area (Å²) in [5.41, 5.74) is 1.12. The quantitative estimate of drug-likeness (QED) is 0.812. The zero-order valence-corrected chi connectivity index (χ0v) is 16.7. The summed E-state index contributed by atoms with van der Waals surface area (Å²) in [6, 6.07) is 8.46. The molecule has 7 heteroatoms. The first kappa shape index (κ1) is 19.8. The highest BCUT2D eigenvalue weighted by Crippen LogP contribution is 2.18. The molecule has 1 aromatic rings. The molecule has 0 aromatic heterocycles. The Morgan fingerprint density at radius 2 is 1.69 bits per heavy atom. The highest BCUT2D eigenvalue weighted by Gasteiger charge is 2.26. The molecule has 2 aliphatic heterocycles. The van der Waals surface area contributed by atoms with Gasteiger partial charge in [0, 0.05) is 31.7 Å². The summed E-state index contributed by atoms with van der Waals surface area (Å²) in [5.74, 6) is 0. The number of nitrogens with one attached hydrogen (secondary N) is 1. The van der Waals surface area contributed by atoms with Gasteiger partial charge >= 0.3 is 0 Å². The molecule has 2 saturated heterocycles. The maximum absolute atomic E-state index is 12.6. The monoisotopic (exact) mass is 381 g/mol. The van der Waals surface area contributed by atoms with Gasteiger partial charge in [-0.2, -0.15) is 4.31 Å². The lowest BCUT2D eigenvalue weighted by Gasteiger charge is -2.35. The molecular formula is C19H31N3O3S. The fourth-order valence-electron chi connectivity index (χ4n) is 3.60.